The summed E-state index contributed by atoms with van der Waals surface area (Å²) >= 11 is 12.0. The summed E-state index contributed by atoms with van der Waals surface area (Å²) in [5, 5.41) is 2.39. The molecule has 0 fully saturated rings. The van der Waals surface area contributed by atoms with Gasteiger partial charge in [-0.05, 0) is 74.5 Å². The molecule has 0 atom stereocenters. The van der Waals surface area contributed by atoms with Gasteiger partial charge in [-0.2, -0.15) is 0 Å². The number of hydrogen-bond donors (Lipinski definition) is 0. The molecule has 32 heavy (non-hydrogen) atoms. The van der Waals surface area contributed by atoms with Gasteiger partial charge >= 0.3 is 0 Å². The number of rotatable bonds is 3. The number of hydrogen-bond acceptors (Lipinski definition) is 3. The molecule has 4 nitrogen and oxygen atoms in total. The van der Waals surface area contributed by atoms with E-state index in [1.54, 1.807) is 55.5 Å². The summed E-state index contributed by atoms with van der Waals surface area (Å²) < 4.78 is 8.07. The summed E-state index contributed by atoms with van der Waals surface area (Å²) in [5.74, 6) is 0.382. The molecule has 0 amide bonds. The van der Waals surface area contributed by atoms with Crippen LogP contribution in [0.5, 0.6) is 0 Å². The molecule has 0 saturated carbocycles. The first-order valence-corrected chi connectivity index (χ1v) is 10.7. The van der Waals surface area contributed by atoms with Crippen LogP contribution in [-0.4, -0.2) is 10.4 Å². The highest BCUT2D eigenvalue weighted by Crippen LogP contribution is 2.34. The summed E-state index contributed by atoms with van der Waals surface area (Å²) in [6.45, 7) is 3.43. The zero-order chi connectivity index (χ0) is 22.6. The van der Waals surface area contributed by atoms with Crippen LogP contribution in [-0.2, 0) is 0 Å². The van der Waals surface area contributed by atoms with Gasteiger partial charge in [-0.15, -0.1) is 0 Å². The number of carbonyl (C=O) groups is 1. The van der Waals surface area contributed by atoms with Crippen molar-refractivity contribution in [3.63, 3.8) is 0 Å². The van der Waals surface area contributed by atoms with Gasteiger partial charge in [0, 0.05) is 44.0 Å². The van der Waals surface area contributed by atoms with Gasteiger partial charge in [0.2, 0.25) is 0 Å². The van der Waals surface area contributed by atoms with Crippen molar-refractivity contribution in [1.82, 2.24) is 4.57 Å². The van der Waals surface area contributed by atoms with Gasteiger partial charge in [-0.3, -0.25) is 9.59 Å². The van der Waals surface area contributed by atoms with Gasteiger partial charge in [0.1, 0.15) is 11.3 Å². The molecule has 5 rings (SSSR count). The molecule has 3 aromatic carbocycles. The largest absolute Gasteiger partial charge is 0.456 e. The lowest BCUT2D eigenvalue weighted by Crippen LogP contribution is -2.01. The van der Waals surface area contributed by atoms with Crippen molar-refractivity contribution < 1.29 is 9.21 Å². The molecule has 2 aromatic heterocycles. The van der Waals surface area contributed by atoms with Crippen molar-refractivity contribution in [2.75, 3.05) is 0 Å². The number of fused-ring (bicyclic) bond motifs is 2. The molecule has 6 heteroatoms. The normalized spacial score (nSPS) is 11.4. The third-order valence-corrected chi connectivity index (χ3v) is 6.12. The van der Waals surface area contributed by atoms with Crippen LogP contribution in [0.2, 0.25) is 10.0 Å². The highest BCUT2D eigenvalue weighted by molar-refractivity contribution is 6.30. The van der Waals surface area contributed by atoms with Crippen LogP contribution in [0.15, 0.2) is 75.9 Å². The Bertz CT molecular complexity index is 1580. The number of halogens is 2. The highest BCUT2D eigenvalue weighted by Gasteiger charge is 2.20. The molecule has 0 aliphatic carbocycles. The van der Waals surface area contributed by atoms with E-state index in [-0.39, 0.29) is 11.2 Å². The molecular weight excluding hydrogens is 445 g/mol. The first-order chi connectivity index (χ1) is 15.3. The van der Waals surface area contributed by atoms with Gasteiger partial charge in [-0.25, -0.2) is 0 Å². The highest BCUT2D eigenvalue weighted by atomic mass is 35.5. The molecule has 0 saturated heterocycles. The number of ketones is 1. The van der Waals surface area contributed by atoms with Crippen molar-refractivity contribution in [1.29, 1.82) is 0 Å². The summed E-state index contributed by atoms with van der Waals surface area (Å²) in [7, 11) is 0. The quantitative estimate of drug-likeness (QED) is 0.266. The minimum absolute atomic E-state index is 0.0595. The molecule has 0 aliphatic heterocycles. The monoisotopic (exact) mass is 461 g/mol. The number of benzene rings is 3. The molecule has 2 heterocycles. The van der Waals surface area contributed by atoms with Crippen molar-refractivity contribution in [3.8, 4) is 17.0 Å². The lowest BCUT2D eigenvalue weighted by atomic mass is 10.1. The van der Waals surface area contributed by atoms with E-state index in [2.05, 4.69) is 0 Å². The molecular formula is C26H17Cl2NO3. The van der Waals surface area contributed by atoms with E-state index in [4.69, 9.17) is 27.6 Å². The number of nitrogens with zero attached hydrogens (tertiary/aromatic N) is 1. The van der Waals surface area contributed by atoms with E-state index < -0.39 is 0 Å². The molecule has 5 aromatic rings. The summed E-state index contributed by atoms with van der Waals surface area (Å²) in [4.78, 5) is 25.6. The minimum atomic E-state index is -0.163. The predicted molar refractivity (Wildman–Crippen MR) is 130 cm³/mol. The second-order valence-electron chi connectivity index (χ2n) is 7.68. The van der Waals surface area contributed by atoms with Crippen LogP contribution in [0.25, 0.3) is 38.9 Å². The van der Waals surface area contributed by atoms with Gasteiger partial charge < -0.3 is 8.98 Å². The Balaban J connectivity index is 1.83. The van der Waals surface area contributed by atoms with E-state index >= 15 is 0 Å². The third kappa shape index (κ3) is 3.32. The van der Waals surface area contributed by atoms with Crippen LogP contribution >= 0.6 is 23.2 Å². The Morgan fingerprint density at radius 1 is 0.875 bits per heavy atom. The lowest BCUT2D eigenvalue weighted by Gasteiger charge is -2.09. The molecule has 0 spiro atoms. The fourth-order valence-corrected chi connectivity index (χ4v) is 4.44. The number of aromatic nitrogens is 1. The summed E-state index contributed by atoms with van der Waals surface area (Å²) in [5.41, 5.74) is 4.00. The maximum Gasteiger partial charge on any atom is 0.193 e. The Kier molecular flexibility index (Phi) is 4.92. The lowest BCUT2D eigenvalue weighted by molar-refractivity contribution is 0.101. The fourth-order valence-electron chi connectivity index (χ4n) is 4.19. The maximum atomic E-state index is 13.0. The van der Waals surface area contributed by atoms with E-state index in [1.165, 1.54) is 6.07 Å². The van der Waals surface area contributed by atoms with Crippen molar-refractivity contribution in [3.05, 3.63) is 98.3 Å². The Morgan fingerprint density at radius 3 is 2.12 bits per heavy atom. The van der Waals surface area contributed by atoms with Crippen molar-refractivity contribution in [2.45, 2.75) is 13.8 Å². The van der Waals surface area contributed by atoms with E-state index in [9.17, 15) is 9.59 Å². The Labute approximate surface area is 193 Å². The summed E-state index contributed by atoms with van der Waals surface area (Å²) in [6, 6.07) is 19.5. The molecule has 0 bridgehead atoms. The van der Waals surface area contributed by atoms with E-state index in [1.807, 2.05) is 23.6 Å². The van der Waals surface area contributed by atoms with Crippen molar-refractivity contribution in [2.24, 2.45) is 0 Å². The Hall–Kier alpha value is -3.34. The molecule has 0 unspecified atom stereocenters. The molecule has 0 N–H and O–H groups in total. The maximum absolute atomic E-state index is 13.0. The van der Waals surface area contributed by atoms with Crippen LogP contribution in [0, 0.1) is 6.92 Å². The average Bonchev–Trinajstić information content (AvgIpc) is 3.04. The smallest absolute Gasteiger partial charge is 0.193 e. The van der Waals surface area contributed by atoms with Gasteiger partial charge in [-0.1, -0.05) is 23.2 Å². The van der Waals surface area contributed by atoms with Gasteiger partial charge in [0.15, 0.2) is 11.2 Å². The van der Waals surface area contributed by atoms with E-state index in [0.717, 1.165) is 27.8 Å². The SMILES string of the molecule is CC(=O)c1c(C)n(-c2ccc(Cl)cc2)c2cc3c(=O)cc(-c4ccc(Cl)cc4)oc3cc12. The zero-order valence-corrected chi connectivity index (χ0v) is 18.8. The third-order valence-electron chi connectivity index (χ3n) is 5.62. The summed E-state index contributed by atoms with van der Waals surface area (Å²) in [6.07, 6.45) is 0. The van der Waals surface area contributed by atoms with E-state index in [0.29, 0.717) is 32.3 Å². The van der Waals surface area contributed by atoms with Crippen LogP contribution in [0.1, 0.15) is 23.0 Å². The van der Waals surface area contributed by atoms with Gasteiger partial charge in [0.25, 0.3) is 0 Å². The van der Waals surface area contributed by atoms with Crippen LogP contribution in [0.3, 0.4) is 0 Å². The second-order valence-corrected chi connectivity index (χ2v) is 8.55. The zero-order valence-electron chi connectivity index (χ0n) is 17.3. The first kappa shape index (κ1) is 20.6. The second kappa shape index (κ2) is 7.66. The first-order valence-electron chi connectivity index (χ1n) is 9.99. The molecule has 158 valence electrons. The fraction of sp³-hybridized carbons (Fsp3) is 0.0769. The Morgan fingerprint density at radius 2 is 1.50 bits per heavy atom. The number of Topliss-reactive ketones (excluding diaryl/α,β-unsaturated/α-hetero) is 1. The molecule has 0 radical (unpaired) electrons. The average molecular weight is 462 g/mol. The minimum Gasteiger partial charge on any atom is -0.456 e. The van der Waals surface area contributed by atoms with Gasteiger partial charge in [0.05, 0.1) is 10.9 Å². The predicted octanol–water partition coefficient (Wildman–Crippen LogP) is 7.22. The van der Waals surface area contributed by atoms with Crippen LogP contribution in [0.4, 0.5) is 0 Å². The topological polar surface area (TPSA) is 52.2 Å². The van der Waals surface area contributed by atoms with Crippen molar-refractivity contribution >= 4 is 50.9 Å². The molecule has 0 aliphatic rings. The standard InChI is InChI=1S/C26H17Cl2NO3/c1-14-26(15(2)30)20-12-25-21(11-22(20)29(14)19-9-7-18(28)8-10-19)23(31)13-24(32-25)16-3-5-17(27)6-4-16/h3-13H,1-2H3. The van der Waals surface area contributed by atoms with Crippen LogP contribution < -0.4 is 5.43 Å². The number of carbonyl (C=O) groups excluding carboxylic acids is 1.